The predicted molar refractivity (Wildman–Crippen MR) is 92.9 cm³/mol. The molecule has 1 N–H and O–H groups in total. The van der Waals surface area contributed by atoms with Crippen LogP contribution in [-0.4, -0.2) is 22.2 Å². The van der Waals surface area contributed by atoms with E-state index < -0.39 is 11.4 Å². The Morgan fingerprint density at radius 1 is 1.21 bits per heavy atom. The number of rotatable bonds is 6. The Balaban J connectivity index is 1.70. The number of benzene rings is 1. The Labute approximate surface area is 142 Å². The maximum absolute atomic E-state index is 11.9. The van der Waals surface area contributed by atoms with Gasteiger partial charge < -0.3 is 14.4 Å². The van der Waals surface area contributed by atoms with Gasteiger partial charge in [-0.25, -0.2) is 0 Å². The number of aryl methyl sites for hydroxylation is 2. The molecule has 4 nitrogen and oxygen atoms in total. The van der Waals surface area contributed by atoms with E-state index in [0.717, 1.165) is 17.0 Å². The van der Waals surface area contributed by atoms with Crippen molar-refractivity contribution in [3.63, 3.8) is 0 Å². The Hall–Kier alpha value is -2.33. The monoisotopic (exact) mass is 325 g/mol. The lowest BCUT2D eigenvalue weighted by molar-refractivity contribution is -0.149. The van der Waals surface area contributed by atoms with Crippen LogP contribution >= 0.6 is 0 Å². The van der Waals surface area contributed by atoms with Crippen LogP contribution in [0.2, 0.25) is 0 Å². The SMILES string of the molecule is Cc1ccc(C)n1C1C=CC(COCc2ccccc2)(C(=O)O)C1. The zero-order valence-electron chi connectivity index (χ0n) is 14.1. The number of allylic oxidation sites excluding steroid dienone is 1. The lowest BCUT2D eigenvalue weighted by Gasteiger charge is -2.25. The quantitative estimate of drug-likeness (QED) is 0.820. The van der Waals surface area contributed by atoms with Crippen LogP contribution in [0.15, 0.2) is 54.6 Å². The number of carboxylic acid groups (broad SMARTS) is 1. The number of aromatic nitrogens is 1. The molecule has 1 aromatic heterocycles. The maximum Gasteiger partial charge on any atom is 0.315 e. The molecule has 0 aliphatic heterocycles. The van der Waals surface area contributed by atoms with Crippen molar-refractivity contribution < 1.29 is 14.6 Å². The van der Waals surface area contributed by atoms with E-state index in [0.29, 0.717) is 13.0 Å². The van der Waals surface area contributed by atoms with Crippen molar-refractivity contribution in [2.24, 2.45) is 5.41 Å². The highest BCUT2D eigenvalue weighted by atomic mass is 16.5. The molecule has 4 heteroatoms. The third-order valence-corrected chi connectivity index (χ3v) is 4.77. The number of carboxylic acids is 1. The molecule has 2 atom stereocenters. The highest BCUT2D eigenvalue weighted by molar-refractivity contribution is 5.78. The summed E-state index contributed by atoms with van der Waals surface area (Å²) in [6.07, 6.45) is 4.33. The number of hydrogen-bond acceptors (Lipinski definition) is 2. The topological polar surface area (TPSA) is 51.5 Å². The van der Waals surface area contributed by atoms with Crippen LogP contribution < -0.4 is 0 Å². The van der Waals surface area contributed by atoms with Crippen LogP contribution in [0.25, 0.3) is 0 Å². The molecular weight excluding hydrogens is 302 g/mol. The molecule has 1 aliphatic rings. The van der Waals surface area contributed by atoms with Crippen molar-refractivity contribution in [1.29, 1.82) is 0 Å². The van der Waals surface area contributed by atoms with Crippen molar-refractivity contribution >= 4 is 5.97 Å². The van der Waals surface area contributed by atoms with Gasteiger partial charge >= 0.3 is 5.97 Å². The fourth-order valence-corrected chi connectivity index (χ4v) is 3.44. The molecule has 0 bridgehead atoms. The Morgan fingerprint density at radius 3 is 2.50 bits per heavy atom. The first-order chi connectivity index (χ1) is 11.5. The minimum Gasteiger partial charge on any atom is -0.481 e. The van der Waals surface area contributed by atoms with Crippen LogP contribution in [0.5, 0.6) is 0 Å². The molecule has 1 aliphatic carbocycles. The Morgan fingerprint density at radius 2 is 1.88 bits per heavy atom. The van der Waals surface area contributed by atoms with Gasteiger partial charge in [-0.1, -0.05) is 42.5 Å². The molecule has 0 spiro atoms. The van der Waals surface area contributed by atoms with Crippen molar-refractivity contribution in [1.82, 2.24) is 4.57 Å². The van der Waals surface area contributed by atoms with Gasteiger partial charge in [0.2, 0.25) is 0 Å². The Kier molecular flexibility index (Phi) is 4.58. The molecule has 126 valence electrons. The molecule has 24 heavy (non-hydrogen) atoms. The molecular formula is C20H23NO3. The van der Waals surface area contributed by atoms with E-state index >= 15 is 0 Å². The van der Waals surface area contributed by atoms with Crippen LogP contribution in [0, 0.1) is 19.3 Å². The summed E-state index contributed by atoms with van der Waals surface area (Å²) in [5.41, 5.74) is 2.39. The summed E-state index contributed by atoms with van der Waals surface area (Å²) < 4.78 is 7.95. The van der Waals surface area contributed by atoms with E-state index in [9.17, 15) is 9.90 Å². The molecule has 2 unspecified atom stereocenters. The molecule has 0 amide bonds. The summed E-state index contributed by atoms with van der Waals surface area (Å²) in [5, 5.41) is 9.77. The van der Waals surface area contributed by atoms with Crippen molar-refractivity contribution in [2.45, 2.75) is 32.9 Å². The molecule has 1 aromatic carbocycles. The summed E-state index contributed by atoms with van der Waals surface area (Å²) in [7, 11) is 0. The number of ether oxygens (including phenoxy) is 1. The van der Waals surface area contributed by atoms with Crippen LogP contribution in [0.3, 0.4) is 0 Å². The first-order valence-corrected chi connectivity index (χ1v) is 8.21. The van der Waals surface area contributed by atoms with Crippen molar-refractivity contribution in [3.8, 4) is 0 Å². The lowest BCUT2D eigenvalue weighted by atomic mass is 9.87. The Bertz CT molecular complexity index is 728. The molecule has 1 heterocycles. The lowest BCUT2D eigenvalue weighted by Crippen LogP contribution is -2.33. The fourth-order valence-electron chi connectivity index (χ4n) is 3.44. The maximum atomic E-state index is 11.9. The van der Waals surface area contributed by atoms with Crippen LogP contribution in [-0.2, 0) is 16.1 Å². The van der Waals surface area contributed by atoms with Gasteiger partial charge in [-0.2, -0.15) is 0 Å². The minimum absolute atomic E-state index is 0.0661. The standard InChI is InChI=1S/C20H23NO3/c1-15-8-9-16(2)21(15)18-10-11-20(12-18,19(22)23)14-24-13-17-6-4-3-5-7-17/h3-11,18H,12-14H2,1-2H3,(H,22,23). The fraction of sp³-hybridized carbons (Fsp3) is 0.350. The van der Waals surface area contributed by atoms with Gasteiger partial charge in [0, 0.05) is 11.4 Å². The highest BCUT2D eigenvalue weighted by Gasteiger charge is 2.43. The molecule has 0 fully saturated rings. The van der Waals surface area contributed by atoms with Gasteiger partial charge in [0.05, 0.1) is 19.3 Å². The summed E-state index contributed by atoms with van der Waals surface area (Å²) >= 11 is 0. The minimum atomic E-state index is -0.956. The summed E-state index contributed by atoms with van der Waals surface area (Å²) in [6.45, 7) is 4.71. The van der Waals surface area contributed by atoms with Gasteiger partial charge in [-0.15, -0.1) is 0 Å². The summed E-state index contributed by atoms with van der Waals surface area (Å²) in [6, 6.07) is 14.0. The molecule has 3 rings (SSSR count). The average molecular weight is 325 g/mol. The molecule has 0 radical (unpaired) electrons. The van der Waals surface area contributed by atoms with Gasteiger partial charge in [-0.3, -0.25) is 4.79 Å². The van der Waals surface area contributed by atoms with E-state index in [4.69, 9.17) is 4.74 Å². The predicted octanol–water partition coefficient (Wildman–Crippen LogP) is 3.89. The second kappa shape index (κ2) is 6.65. The number of aliphatic carboxylic acids is 1. The highest BCUT2D eigenvalue weighted by Crippen LogP contribution is 2.40. The third-order valence-electron chi connectivity index (χ3n) is 4.77. The first-order valence-electron chi connectivity index (χ1n) is 8.21. The number of nitrogens with zero attached hydrogens (tertiary/aromatic N) is 1. The second-order valence-corrected chi connectivity index (χ2v) is 6.56. The van der Waals surface area contributed by atoms with Crippen LogP contribution in [0.1, 0.15) is 29.4 Å². The largest absolute Gasteiger partial charge is 0.481 e. The van der Waals surface area contributed by atoms with E-state index in [1.165, 1.54) is 0 Å². The van der Waals surface area contributed by atoms with E-state index in [1.807, 2.05) is 56.3 Å². The zero-order valence-corrected chi connectivity index (χ0v) is 14.1. The van der Waals surface area contributed by atoms with Crippen molar-refractivity contribution in [2.75, 3.05) is 6.61 Å². The van der Waals surface area contributed by atoms with Gasteiger partial charge in [0.25, 0.3) is 0 Å². The van der Waals surface area contributed by atoms with E-state index in [-0.39, 0.29) is 12.6 Å². The summed E-state index contributed by atoms with van der Waals surface area (Å²) in [4.78, 5) is 11.9. The number of carbonyl (C=O) groups is 1. The second-order valence-electron chi connectivity index (χ2n) is 6.56. The van der Waals surface area contributed by atoms with Gasteiger partial charge in [-0.05, 0) is 38.0 Å². The van der Waals surface area contributed by atoms with Crippen LogP contribution in [0.4, 0.5) is 0 Å². The van der Waals surface area contributed by atoms with E-state index in [1.54, 1.807) is 0 Å². The molecule has 0 saturated heterocycles. The normalized spacial score (nSPS) is 22.8. The van der Waals surface area contributed by atoms with E-state index in [2.05, 4.69) is 16.7 Å². The van der Waals surface area contributed by atoms with Gasteiger partial charge in [0.1, 0.15) is 5.41 Å². The molecule has 0 saturated carbocycles. The molecule has 2 aromatic rings. The third kappa shape index (κ3) is 3.15. The smallest absolute Gasteiger partial charge is 0.315 e. The van der Waals surface area contributed by atoms with Gasteiger partial charge in [0.15, 0.2) is 0 Å². The number of hydrogen-bond donors (Lipinski definition) is 1. The van der Waals surface area contributed by atoms with Crippen molar-refractivity contribution in [3.05, 3.63) is 71.6 Å². The summed E-state index contributed by atoms with van der Waals surface area (Å²) in [5.74, 6) is -0.822. The average Bonchev–Trinajstić information content (AvgIpc) is 3.13. The zero-order chi connectivity index (χ0) is 17.2. The first kappa shape index (κ1) is 16.5.